The summed E-state index contributed by atoms with van der Waals surface area (Å²) in [5.41, 5.74) is 1.30. The second-order valence-corrected chi connectivity index (χ2v) is 6.81. The highest BCUT2D eigenvalue weighted by atomic mass is 19.4. The summed E-state index contributed by atoms with van der Waals surface area (Å²) in [5.74, 6) is 0.374. The molecule has 2 fully saturated rings. The molecule has 0 radical (unpaired) electrons. The average molecular weight is 364 g/mol. The molecule has 0 atom stereocenters. The number of benzene rings is 1. The van der Waals surface area contributed by atoms with Crippen molar-refractivity contribution in [1.29, 1.82) is 0 Å². The molecule has 2 aromatic rings. The smallest absolute Gasteiger partial charge is 0.368 e. The van der Waals surface area contributed by atoms with Gasteiger partial charge in [-0.05, 0) is 37.1 Å². The van der Waals surface area contributed by atoms with Crippen molar-refractivity contribution in [2.75, 3.05) is 31.1 Å². The van der Waals surface area contributed by atoms with Gasteiger partial charge in [0.05, 0.1) is 5.56 Å². The maximum Gasteiger partial charge on any atom is 0.416 e. The van der Waals surface area contributed by atoms with E-state index in [9.17, 15) is 18.0 Å². The largest absolute Gasteiger partial charge is 0.416 e. The number of aromatic nitrogens is 2. The number of aromatic amines is 1. The van der Waals surface area contributed by atoms with Gasteiger partial charge < -0.3 is 9.80 Å². The van der Waals surface area contributed by atoms with Crippen molar-refractivity contribution >= 4 is 11.6 Å². The van der Waals surface area contributed by atoms with Crippen LogP contribution in [0.3, 0.4) is 0 Å². The van der Waals surface area contributed by atoms with Gasteiger partial charge in [0.2, 0.25) is 0 Å². The minimum absolute atomic E-state index is 0.128. The van der Waals surface area contributed by atoms with Gasteiger partial charge in [-0.25, -0.2) is 0 Å². The Hall–Kier alpha value is -2.51. The Kier molecular flexibility index (Phi) is 4.13. The Bertz CT molecular complexity index is 805. The third kappa shape index (κ3) is 3.40. The van der Waals surface area contributed by atoms with E-state index in [0.29, 0.717) is 43.5 Å². The van der Waals surface area contributed by atoms with E-state index in [0.717, 1.165) is 30.7 Å². The molecule has 1 aliphatic heterocycles. The summed E-state index contributed by atoms with van der Waals surface area (Å²) in [4.78, 5) is 16.1. The summed E-state index contributed by atoms with van der Waals surface area (Å²) in [7, 11) is 0. The number of halogens is 3. The van der Waals surface area contributed by atoms with Crippen LogP contribution in [0.25, 0.3) is 0 Å². The van der Waals surface area contributed by atoms with Crippen LogP contribution >= 0.6 is 0 Å². The summed E-state index contributed by atoms with van der Waals surface area (Å²) in [6.07, 6.45) is -2.09. The Labute approximate surface area is 148 Å². The molecule has 138 valence electrons. The molecule has 2 heterocycles. The maximum absolute atomic E-state index is 12.9. The number of hydrogen-bond donors (Lipinski definition) is 1. The Morgan fingerprint density at radius 3 is 2.50 bits per heavy atom. The quantitative estimate of drug-likeness (QED) is 0.910. The van der Waals surface area contributed by atoms with Crippen LogP contribution in [-0.4, -0.2) is 47.2 Å². The summed E-state index contributed by atoms with van der Waals surface area (Å²) in [5, 5.41) is 7.04. The van der Waals surface area contributed by atoms with E-state index in [1.165, 1.54) is 6.07 Å². The number of nitrogens with zero attached hydrogens (tertiary/aromatic N) is 3. The molecule has 1 amide bonds. The number of hydrogen-bond acceptors (Lipinski definition) is 3. The number of carbonyl (C=O) groups is 1. The van der Waals surface area contributed by atoms with E-state index in [1.807, 2.05) is 11.0 Å². The standard InChI is InChI=1S/C18H19F3N4O/c19-18(20,21)13-2-1-3-14(10-13)24-6-8-25(9-7-24)17(26)16-11-15(22-23-16)12-4-5-12/h1-3,10-12H,4-9H2,(H,22,23). The number of amides is 1. The van der Waals surface area contributed by atoms with Gasteiger partial charge in [-0.2, -0.15) is 18.3 Å². The van der Waals surface area contributed by atoms with Gasteiger partial charge in [-0.1, -0.05) is 6.07 Å². The first-order valence-electron chi connectivity index (χ1n) is 8.68. The average Bonchev–Trinajstić information content (AvgIpc) is 3.38. The van der Waals surface area contributed by atoms with Crippen molar-refractivity contribution in [2.45, 2.75) is 24.9 Å². The van der Waals surface area contributed by atoms with Crippen LogP contribution in [0.5, 0.6) is 0 Å². The fourth-order valence-corrected chi connectivity index (χ4v) is 3.26. The first-order chi connectivity index (χ1) is 12.4. The minimum Gasteiger partial charge on any atom is -0.368 e. The zero-order valence-electron chi connectivity index (χ0n) is 14.1. The summed E-state index contributed by atoms with van der Waals surface area (Å²) >= 11 is 0. The number of alkyl halides is 3. The van der Waals surface area contributed by atoms with Crippen LogP contribution in [0, 0.1) is 0 Å². The molecule has 26 heavy (non-hydrogen) atoms. The van der Waals surface area contributed by atoms with Crippen LogP contribution in [0.15, 0.2) is 30.3 Å². The van der Waals surface area contributed by atoms with Crippen LogP contribution in [0.1, 0.15) is 40.5 Å². The highest BCUT2D eigenvalue weighted by Gasteiger charge is 2.32. The van der Waals surface area contributed by atoms with Crippen LogP contribution in [0.2, 0.25) is 0 Å². The van der Waals surface area contributed by atoms with Crippen LogP contribution < -0.4 is 4.90 Å². The third-order valence-corrected chi connectivity index (χ3v) is 4.94. The molecule has 0 bridgehead atoms. The van der Waals surface area contributed by atoms with Crippen molar-refractivity contribution in [3.63, 3.8) is 0 Å². The number of piperazine rings is 1. The van der Waals surface area contributed by atoms with Gasteiger partial charge in [0.1, 0.15) is 5.69 Å². The van der Waals surface area contributed by atoms with Gasteiger partial charge in [0.15, 0.2) is 0 Å². The third-order valence-electron chi connectivity index (χ3n) is 4.94. The maximum atomic E-state index is 12.9. The zero-order chi connectivity index (χ0) is 18.3. The van der Waals surface area contributed by atoms with Gasteiger partial charge in [0, 0.05) is 43.5 Å². The SMILES string of the molecule is O=C(c1cc(C2CC2)[nH]n1)N1CCN(c2cccc(C(F)(F)F)c2)CC1. The van der Waals surface area contributed by atoms with E-state index in [-0.39, 0.29) is 5.91 Å². The van der Waals surface area contributed by atoms with E-state index in [1.54, 1.807) is 11.0 Å². The molecule has 1 aliphatic carbocycles. The number of anilines is 1. The second kappa shape index (κ2) is 6.34. The molecule has 0 unspecified atom stereocenters. The summed E-state index contributed by atoms with van der Waals surface area (Å²) in [6.45, 7) is 1.90. The fourth-order valence-electron chi connectivity index (χ4n) is 3.26. The lowest BCUT2D eigenvalue weighted by molar-refractivity contribution is -0.137. The van der Waals surface area contributed by atoms with E-state index >= 15 is 0 Å². The molecule has 1 aromatic heterocycles. The lowest BCUT2D eigenvalue weighted by Gasteiger charge is -2.36. The highest BCUT2D eigenvalue weighted by Crippen LogP contribution is 2.39. The van der Waals surface area contributed by atoms with Crippen molar-refractivity contribution in [1.82, 2.24) is 15.1 Å². The van der Waals surface area contributed by atoms with Crippen molar-refractivity contribution < 1.29 is 18.0 Å². The van der Waals surface area contributed by atoms with Gasteiger partial charge in [-0.15, -0.1) is 0 Å². The van der Waals surface area contributed by atoms with Crippen molar-refractivity contribution in [3.8, 4) is 0 Å². The van der Waals surface area contributed by atoms with Crippen molar-refractivity contribution in [2.24, 2.45) is 0 Å². The molecule has 4 rings (SSSR count). The first kappa shape index (κ1) is 16.9. The highest BCUT2D eigenvalue weighted by molar-refractivity contribution is 5.92. The molecule has 1 saturated carbocycles. The topological polar surface area (TPSA) is 52.2 Å². The summed E-state index contributed by atoms with van der Waals surface area (Å²) < 4.78 is 38.6. The molecule has 5 nitrogen and oxygen atoms in total. The van der Waals surface area contributed by atoms with Gasteiger partial charge >= 0.3 is 6.18 Å². The predicted octanol–water partition coefficient (Wildman–Crippen LogP) is 3.27. The molecule has 1 saturated heterocycles. The van der Waals surface area contributed by atoms with Crippen LogP contribution in [-0.2, 0) is 6.18 Å². The van der Waals surface area contributed by atoms with Crippen LogP contribution in [0.4, 0.5) is 18.9 Å². The Morgan fingerprint density at radius 1 is 1.12 bits per heavy atom. The Balaban J connectivity index is 1.40. The molecule has 2 aliphatic rings. The lowest BCUT2D eigenvalue weighted by Crippen LogP contribution is -2.49. The normalized spacial score (nSPS) is 18.3. The number of nitrogens with one attached hydrogen (secondary N) is 1. The minimum atomic E-state index is -4.35. The second-order valence-electron chi connectivity index (χ2n) is 6.81. The lowest BCUT2D eigenvalue weighted by atomic mass is 10.1. The summed E-state index contributed by atoms with van der Waals surface area (Å²) in [6, 6.07) is 7.13. The van der Waals surface area contributed by atoms with E-state index in [4.69, 9.17) is 0 Å². The van der Waals surface area contributed by atoms with Crippen molar-refractivity contribution in [3.05, 3.63) is 47.3 Å². The van der Waals surface area contributed by atoms with Gasteiger partial charge in [0.25, 0.3) is 5.91 Å². The number of carbonyl (C=O) groups excluding carboxylic acids is 1. The molecular formula is C18H19F3N4O. The predicted molar refractivity (Wildman–Crippen MR) is 90.1 cm³/mol. The van der Waals surface area contributed by atoms with E-state index in [2.05, 4.69) is 10.2 Å². The molecule has 0 spiro atoms. The van der Waals surface area contributed by atoms with Gasteiger partial charge in [-0.3, -0.25) is 9.89 Å². The number of rotatable bonds is 3. The molecular weight excluding hydrogens is 345 g/mol. The van der Waals surface area contributed by atoms with E-state index < -0.39 is 11.7 Å². The Morgan fingerprint density at radius 2 is 1.85 bits per heavy atom. The number of H-pyrrole nitrogens is 1. The molecule has 1 N–H and O–H groups in total. The monoisotopic (exact) mass is 364 g/mol. The molecule has 8 heteroatoms. The fraction of sp³-hybridized carbons (Fsp3) is 0.444. The first-order valence-corrected chi connectivity index (χ1v) is 8.68. The molecule has 1 aromatic carbocycles. The zero-order valence-corrected chi connectivity index (χ0v) is 14.1.